The highest BCUT2D eigenvalue weighted by Crippen LogP contribution is 2.22. The summed E-state index contributed by atoms with van der Waals surface area (Å²) in [4.78, 5) is 17.3. The Bertz CT molecular complexity index is 368. The molecule has 2 rings (SSSR count). The Kier molecular flexibility index (Phi) is 2.94. The standard InChI is InChI=1S/C11H16N4O/c12-10-2-1-9(7-14-10)15-5-3-8(4-6-15)11(13)16/h1-2,7-8H,3-6H2,(H2,12,14)(H2,13,16). The van der Waals surface area contributed by atoms with E-state index < -0.39 is 0 Å². The first-order chi connectivity index (χ1) is 7.66. The first-order valence-electron chi connectivity index (χ1n) is 5.42. The minimum Gasteiger partial charge on any atom is -0.384 e. The van der Waals surface area contributed by atoms with Crippen LogP contribution in [0.2, 0.25) is 0 Å². The summed E-state index contributed by atoms with van der Waals surface area (Å²) in [5, 5.41) is 0. The topological polar surface area (TPSA) is 85.2 Å². The van der Waals surface area contributed by atoms with Gasteiger partial charge in [0.1, 0.15) is 5.82 Å². The van der Waals surface area contributed by atoms with E-state index in [1.54, 1.807) is 12.3 Å². The largest absolute Gasteiger partial charge is 0.384 e. The highest BCUT2D eigenvalue weighted by Gasteiger charge is 2.23. The maximum atomic E-state index is 11.0. The third kappa shape index (κ3) is 2.24. The molecule has 2 heterocycles. The quantitative estimate of drug-likeness (QED) is 0.753. The van der Waals surface area contributed by atoms with Gasteiger partial charge in [-0.3, -0.25) is 4.79 Å². The van der Waals surface area contributed by atoms with E-state index in [-0.39, 0.29) is 11.8 Å². The smallest absolute Gasteiger partial charge is 0.220 e. The molecule has 1 saturated heterocycles. The number of carbonyl (C=O) groups is 1. The molecule has 0 atom stereocenters. The molecule has 1 aromatic rings. The maximum absolute atomic E-state index is 11.0. The van der Waals surface area contributed by atoms with Crippen molar-refractivity contribution in [2.24, 2.45) is 11.7 Å². The predicted octanol–water partition coefficient (Wildman–Crippen LogP) is 0.365. The number of primary amides is 1. The number of piperidine rings is 1. The summed E-state index contributed by atoms with van der Waals surface area (Å²) in [6.45, 7) is 1.69. The number of hydrogen-bond donors (Lipinski definition) is 2. The summed E-state index contributed by atoms with van der Waals surface area (Å²) in [7, 11) is 0. The predicted molar refractivity (Wildman–Crippen MR) is 62.8 cm³/mol. The minimum atomic E-state index is -0.185. The monoisotopic (exact) mass is 220 g/mol. The molecule has 0 aliphatic carbocycles. The average molecular weight is 220 g/mol. The number of rotatable bonds is 2. The third-order valence-electron chi connectivity index (χ3n) is 3.03. The molecule has 86 valence electrons. The van der Waals surface area contributed by atoms with E-state index in [2.05, 4.69) is 9.88 Å². The van der Waals surface area contributed by atoms with Crippen LogP contribution in [0.5, 0.6) is 0 Å². The summed E-state index contributed by atoms with van der Waals surface area (Å²) >= 11 is 0. The molecule has 1 aromatic heterocycles. The number of nitrogens with zero attached hydrogens (tertiary/aromatic N) is 2. The molecule has 4 N–H and O–H groups in total. The van der Waals surface area contributed by atoms with Crippen LogP contribution in [0.4, 0.5) is 11.5 Å². The summed E-state index contributed by atoms with van der Waals surface area (Å²) in [5.41, 5.74) is 11.9. The van der Waals surface area contributed by atoms with E-state index in [0.29, 0.717) is 5.82 Å². The number of anilines is 2. The molecule has 0 unspecified atom stereocenters. The Hall–Kier alpha value is -1.78. The Morgan fingerprint density at radius 1 is 1.38 bits per heavy atom. The fourth-order valence-electron chi connectivity index (χ4n) is 2.01. The molecule has 0 saturated carbocycles. The zero-order valence-electron chi connectivity index (χ0n) is 9.10. The van der Waals surface area contributed by atoms with Gasteiger partial charge in [-0.15, -0.1) is 0 Å². The number of nitrogen functional groups attached to an aromatic ring is 1. The first kappa shape index (κ1) is 10.7. The van der Waals surface area contributed by atoms with Gasteiger partial charge < -0.3 is 16.4 Å². The number of nitrogens with two attached hydrogens (primary N) is 2. The van der Waals surface area contributed by atoms with E-state index >= 15 is 0 Å². The molecular weight excluding hydrogens is 204 g/mol. The molecule has 5 nitrogen and oxygen atoms in total. The molecule has 0 bridgehead atoms. The normalized spacial score (nSPS) is 17.4. The molecule has 1 aliphatic rings. The molecule has 1 fully saturated rings. The van der Waals surface area contributed by atoms with Crippen molar-refractivity contribution < 1.29 is 4.79 Å². The lowest BCUT2D eigenvalue weighted by atomic mass is 9.96. The zero-order chi connectivity index (χ0) is 11.5. The maximum Gasteiger partial charge on any atom is 0.220 e. The van der Waals surface area contributed by atoms with Gasteiger partial charge in [-0.05, 0) is 25.0 Å². The van der Waals surface area contributed by atoms with Crippen LogP contribution in [0.3, 0.4) is 0 Å². The van der Waals surface area contributed by atoms with Gasteiger partial charge in [0.15, 0.2) is 0 Å². The van der Waals surface area contributed by atoms with Crippen molar-refractivity contribution in [3.8, 4) is 0 Å². The van der Waals surface area contributed by atoms with Crippen molar-refractivity contribution in [2.45, 2.75) is 12.8 Å². The molecular formula is C11H16N4O. The molecule has 0 radical (unpaired) electrons. The van der Waals surface area contributed by atoms with Crippen molar-refractivity contribution in [1.29, 1.82) is 0 Å². The van der Waals surface area contributed by atoms with Gasteiger partial charge in [-0.2, -0.15) is 0 Å². The number of pyridine rings is 1. The summed E-state index contributed by atoms with van der Waals surface area (Å²) in [6.07, 6.45) is 3.40. The van der Waals surface area contributed by atoms with Crippen molar-refractivity contribution in [3.63, 3.8) is 0 Å². The van der Waals surface area contributed by atoms with Crippen LogP contribution >= 0.6 is 0 Å². The number of amides is 1. The fourth-order valence-corrected chi connectivity index (χ4v) is 2.01. The van der Waals surface area contributed by atoms with Gasteiger partial charge in [-0.25, -0.2) is 4.98 Å². The molecule has 16 heavy (non-hydrogen) atoms. The third-order valence-corrected chi connectivity index (χ3v) is 3.03. The van der Waals surface area contributed by atoms with E-state index in [9.17, 15) is 4.79 Å². The van der Waals surface area contributed by atoms with Gasteiger partial charge in [0.2, 0.25) is 5.91 Å². The fraction of sp³-hybridized carbons (Fsp3) is 0.455. The SMILES string of the molecule is NC(=O)C1CCN(c2ccc(N)nc2)CC1. The van der Waals surface area contributed by atoms with Gasteiger partial charge >= 0.3 is 0 Å². The Balaban J connectivity index is 1.99. The molecule has 1 amide bonds. The molecule has 5 heteroatoms. The van der Waals surface area contributed by atoms with Crippen molar-refractivity contribution >= 4 is 17.4 Å². The second-order valence-electron chi connectivity index (χ2n) is 4.10. The minimum absolute atomic E-state index is 0.0259. The van der Waals surface area contributed by atoms with Crippen molar-refractivity contribution in [3.05, 3.63) is 18.3 Å². The summed E-state index contributed by atoms with van der Waals surface area (Å²) < 4.78 is 0. The molecule has 1 aliphatic heterocycles. The molecule has 0 spiro atoms. The first-order valence-corrected chi connectivity index (χ1v) is 5.42. The van der Waals surface area contributed by atoms with Crippen LogP contribution in [0, 0.1) is 5.92 Å². The van der Waals surface area contributed by atoms with Gasteiger partial charge in [0, 0.05) is 19.0 Å². The highest BCUT2D eigenvalue weighted by atomic mass is 16.1. The second kappa shape index (κ2) is 4.38. The number of carbonyl (C=O) groups excluding carboxylic acids is 1. The summed E-state index contributed by atoms with van der Waals surface area (Å²) in [5.74, 6) is 0.365. The summed E-state index contributed by atoms with van der Waals surface area (Å²) in [6, 6.07) is 3.74. The van der Waals surface area contributed by atoms with E-state index in [4.69, 9.17) is 11.5 Å². The Labute approximate surface area is 94.4 Å². The van der Waals surface area contributed by atoms with E-state index in [0.717, 1.165) is 31.6 Å². The van der Waals surface area contributed by atoms with Crippen LogP contribution in [-0.2, 0) is 4.79 Å². The number of hydrogen-bond acceptors (Lipinski definition) is 4. The molecule has 0 aromatic carbocycles. The van der Waals surface area contributed by atoms with Crippen LogP contribution < -0.4 is 16.4 Å². The van der Waals surface area contributed by atoms with E-state index in [1.807, 2.05) is 6.07 Å². The zero-order valence-corrected chi connectivity index (χ0v) is 9.10. The van der Waals surface area contributed by atoms with Gasteiger partial charge in [0.05, 0.1) is 11.9 Å². The lowest BCUT2D eigenvalue weighted by molar-refractivity contribution is -0.122. The van der Waals surface area contributed by atoms with Crippen molar-refractivity contribution in [2.75, 3.05) is 23.7 Å². The lowest BCUT2D eigenvalue weighted by Crippen LogP contribution is -2.38. The van der Waals surface area contributed by atoms with E-state index in [1.165, 1.54) is 0 Å². The number of aromatic nitrogens is 1. The lowest BCUT2D eigenvalue weighted by Gasteiger charge is -2.32. The Morgan fingerprint density at radius 3 is 2.56 bits per heavy atom. The van der Waals surface area contributed by atoms with Crippen LogP contribution in [0.15, 0.2) is 18.3 Å². The van der Waals surface area contributed by atoms with Crippen LogP contribution in [0.25, 0.3) is 0 Å². The second-order valence-corrected chi connectivity index (χ2v) is 4.10. The van der Waals surface area contributed by atoms with Crippen LogP contribution in [-0.4, -0.2) is 24.0 Å². The van der Waals surface area contributed by atoms with Gasteiger partial charge in [-0.1, -0.05) is 0 Å². The van der Waals surface area contributed by atoms with Crippen molar-refractivity contribution in [1.82, 2.24) is 4.98 Å². The Morgan fingerprint density at radius 2 is 2.06 bits per heavy atom. The average Bonchev–Trinajstić information content (AvgIpc) is 2.30. The van der Waals surface area contributed by atoms with Crippen LogP contribution in [0.1, 0.15) is 12.8 Å². The highest BCUT2D eigenvalue weighted by molar-refractivity contribution is 5.77. The van der Waals surface area contributed by atoms with Gasteiger partial charge in [0.25, 0.3) is 0 Å².